The molecular formula is C8H9F3N2O2. The number of rotatable bonds is 3. The number of aromatic nitrogens is 1. The van der Waals surface area contributed by atoms with Crippen LogP contribution in [0.5, 0.6) is 11.6 Å². The minimum Gasteiger partial charge on any atom is -0.481 e. The topological polar surface area (TPSA) is 57.4 Å². The van der Waals surface area contributed by atoms with Crippen molar-refractivity contribution < 1.29 is 22.6 Å². The van der Waals surface area contributed by atoms with Crippen LogP contribution in [-0.2, 0) is 6.54 Å². The molecule has 0 atom stereocenters. The molecule has 0 saturated carbocycles. The summed E-state index contributed by atoms with van der Waals surface area (Å²) < 4.78 is 44.2. The minimum atomic E-state index is -4.75. The van der Waals surface area contributed by atoms with E-state index < -0.39 is 12.1 Å². The predicted octanol–water partition coefficient (Wildman–Crippen LogP) is 1.45. The Bertz CT molecular complexity index is 341. The zero-order valence-corrected chi connectivity index (χ0v) is 7.84. The van der Waals surface area contributed by atoms with Crippen LogP contribution in [-0.4, -0.2) is 18.5 Å². The zero-order valence-electron chi connectivity index (χ0n) is 7.84. The summed E-state index contributed by atoms with van der Waals surface area (Å²) in [4.78, 5) is 3.59. The van der Waals surface area contributed by atoms with E-state index in [0.717, 1.165) is 6.20 Å². The van der Waals surface area contributed by atoms with Crippen LogP contribution >= 0.6 is 0 Å². The molecular weight excluding hydrogens is 213 g/mol. The van der Waals surface area contributed by atoms with Crippen LogP contribution in [0, 0.1) is 0 Å². The lowest BCUT2D eigenvalue weighted by atomic mass is 10.2. The van der Waals surface area contributed by atoms with Gasteiger partial charge in [-0.1, -0.05) is 0 Å². The van der Waals surface area contributed by atoms with Gasteiger partial charge in [0.15, 0.2) is 5.75 Å². The van der Waals surface area contributed by atoms with E-state index in [9.17, 15) is 13.2 Å². The van der Waals surface area contributed by atoms with Crippen molar-refractivity contribution in [1.82, 2.24) is 4.98 Å². The molecule has 0 unspecified atom stereocenters. The Morgan fingerprint density at radius 2 is 2.13 bits per heavy atom. The van der Waals surface area contributed by atoms with Gasteiger partial charge in [0.2, 0.25) is 5.88 Å². The maximum absolute atomic E-state index is 11.9. The lowest BCUT2D eigenvalue weighted by Gasteiger charge is -2.12. The quantitative estimate of drug-likeness (QED) is 0.840. The van der Waals surface area contributed by atoms with Gasteiger partial charge < -0.3 is 15.2 Å². The summed E-state index contributed by atoms with van der Waals surface area (Å²) in [6.45, 7) is -0.0930. The lowest BCUT2D eigenvalue weighted by molar-refractivity contribution is -0.275. The average Bonchev–Trinajstić information content (AvgIpc) is 2.16. The number of hydrogen-bond acceptors (Lipinski definition) is 4. The SMILES string of the molecule is COc1cc(CN)c(OC(F)(F)F)cn1. The summed E-state index contributed by atoms with van der Waals surface area (Å²) in [5.74, 6) is -0.226. The molecule has 0 aromatic carbocycles. The molecule has 0 amide bonds. The molecule has 0 spiro atoms. The summed E-state index contributed by atoms with van der Waals surface area (Å²) in [6.07, 6.45) is -3.82. The number of pyridine rings is 1. The molecule has 0 aliphatic carbocycles. The number of hydrogen-bond donors (Lipinski definition) is 1. The lowest BCUT2D eigenvalue weighted by Crippen LogP contribution is -2.19. The van der Waals surface area contributed by atoms with Crippen LogP contribution in [0.4, 0.5) is 13.2 Å². The van der Waals surface area contributed by atoms with Gasteiger partial charge in [-0.05, 0) is 0 Å². The number of halogens is 3. The van der Waals surface area contributed by atoms with E-state index in [1.165, 1.54) is 13.2 Å². The number of alkyl halides is 3. The standard InChI is InChI=1S/C8H9F3N2O2/c1-14-7-2-5(3-12)6(4-13-7)15-8(9,10)11/h2,4H,3,12H2,1H3. The third-order valence-corrected chi connectivity index (χ3v) is 1.58. The van der Waals surface area contributed by atoms with E-state index in [-0.39, 0.29) is 18.0 Å². The second-order valence-corrected chi connectivity index (χ2v) is 2.59. The zero-order chi connectivity index (χ0) is 11.5. The van der Waals surface area contributed by atoms with Crippen molar-refractivity contribution in [3.63, 3.8) is 0 Å². The first-order valence-electron chi connectivity index (χ1n) is 3.95. The molecule has 0 bridgehead atoms. The molecule has 0 aliphatic rings. The van der Waals surface area contributed by atoms with Crippen molar-refractivity contribution in [3.8, 4) is 11.6 Å². The molecule has 0 radical (unpaired) electrons. The molecule has 0 saturated heterocycles. The van der Waals surface area contributed by atoms with Crippen LogP contribution in [0.15, 0.2) is 12.3 Å². The van der Waals surface area contributed by atoms with Crippen LogP contribution in [0.3, 0.4) is 0 Å². The molecule has 1 aromatic heterocycles. The van der Waals surface area contributed by atoms with Gasteiger partial charge in [-0.2, -0.15) is 0 Å². The van der Waals surface area contributed by atoms with Gasteiger partial charge in [-0.3, -0.25) is 0 Å². The van der Waals surface area contributed by atoms with Crippen LogP contribution in [0.25, 0.3) is 0 Å². The Hall–Kier alpha value is -1.50. The van der Waals surface area contributed by atoms with E-state index in [0.29, 0.717) is 0 Å². The van der Waals surface area contributed by atoms with Gasteiger partial charge in [0.05, 0.1) is 13.3 Å². The van der Waals surface area contributed by atoms with E-state index in [4.69, 9.17) is 10.5 Å². The van der Waals surface area contributed by atoms with E-state index in [1.54, 1.807) is 0 Å². The van der Waals surface area contributed by atoms with Crippen LogP contribution < -0.4 is 15.2 Å². The van der Waals surface area contributed by atoms with E-state index >= 15 is 0 Å². The molecule has 0 fully saturated rings. The smallest absolute Gasteiger partial charge is 0.481 e. The van der Waals surface area contributed by atoms with Gasteiger partial charge in [0, 0.05) is 18.2 Å². The van der Waals surface area contributed by atoms with Crippen molar-refractivity contribution in [2.75, 3.05) is 7.11 Å². The first-order chi connectivity index (χ1) is 6.96. The van der Waals surface area contributed by atoms with Crippen molar-refractivity contribution in [2.45, 2.75) is 12.9 Å². The first-order valence-corrected chi connectivity index (χ1v) is 3.95. The van der Waals surface area contributed by atoms with Gasteiger partial charge in [0.1, 0.15) is 0 Å². The number of methoxy groups -OCH3 is 1. The number of nitrogens with zero attached hydrogens (tertiary/aromatic N) is 1. The highest BCUT2D eigenvalue weighted by Gasteiger charge is 2.32. The first kappa shape index (κ1) is 11.6. The molecule has 1 heterocycles. The number of nitrogens with two attached hydrogens (primary N) is 1. The Morgan fingerprint density at radius 1 is 1.47 bits per heavy atom. The fourth-order valence-electron chi connectivity index (χ4n) is 0.950. The highest BCUT2D eigenvalue weighted by atomic mass is 19.4. The highest BCUT2D eigenvalue weighted by molar-refractivity contribution is 5.34. The highest BCUT2D eigenvalue weighted by Crippen LogP contribution is 2.27. The molecule has 7 heteroatoms. The average molecular weight is 222 g/mol. The molecule has 0 aliphatic heterocycles. The van der Waals surface area contributed by atoms with Gasteiger partial charge in [0.25, 0.3) is 0 Å². The van der Waals surface area contributed by atoms with Crippen molar-refractivity contribution in [3.05, 3.63) is 17.8 Å². The Balaban J connectivity index is 2.97. The van der Waals surface area contributed by atoms with Crippen molar-refractivity contribution in [1.29, 1.82) is 0 Å². The Kier molecular flexibility index (Phi) is 3.35. The van der Waals surface area contributed by atoms with Gasteiger partial charge in [-0.15, -0.1) is 13.2 Å². The fourth-order valence-corrected chi connectivity index (χ4v) is 0.950. The fraction of sp³-hybridized carbons (Fsp3) is 0.375. The van der Waals surface area contributed by atoms with Crippen molar-refractivity contribution >= 4 is 0 Å². The maximum Gasteiger partial charge on any atom is 0.573 e. The summed E-state index contributed by atoms with van der Waals surface area (Å²) in [6, 6.07) is 1.29. The third-order valence-electron chi connectivity index (χ3n) is 1.58. The minimum absolute atomic E-state index is 0.0930. The van der Waals surface area contributed by atoms with Gasteiger partial charge in [-0.25, -0.2) is 4.98 Å². The molecule has 1 rings (SSSR count). The van der Waals surface area contributed by atoms with Gasteiger partial charge >= 0.3 is 6.36 Å². The monoisotopic (exact) mass is 222 g/mol. The summed E-state index contributed by atoms with van der Waals surface area (Å²) in [5, 5.41) is 0. The largest absolute Gasteiger partial charge is 0.573 e. The molecule has 84 valence electrons. The normalized spacial score (nSPS) is 11.3. The molecule has 2 N–H and O–H groups in total. The van der Waals surface area contributed by atoms with E-state index in [1.807, 2.05) is 0 Å². The maximum atomic E-state index is 11.9. The van der Waals surface area contributed by atoms with Crippen molar-refractivity contribution in [2.24, 2.45) is 5.73 Å². The Morgan fingerprint density at radius 3 is 2.60 bits per heavy atom. The Labute approximate surface area is 83.8 Å². The van der Waals surface area contributed by atoms with E-state index in [2.05, 4.69) is 9.72 Å². The number of ether oxygens (including phenoxy) is 2. The molecule has 15 heavy (non-hydrogen) atoms. The summed E-state index contributed by atoms with van der Waals surface area (Å²) in [5.41, 5.74) is 5.44. The second-order valence-electron chi connectivity index (χ2n) is 2.59. The summed E-state index contributed by atoms with van der Waals surface area (Å²) >= 11 is 0. The van der Waals surface area contributed by atoms with Crippen LogP contribution in [0.1, 0.15) is 5.56 Å². The molecule has 4 nitrogen and oxygen atoms in total. The summed E-state index contributed by atoms with van der Waals surface area (Å²) in [7, 11) is 1.35. The third kappa shape index (κ3) is 3.28. The predicted molar refractivity (Wildman–Crippen MR) is 45.4 cm³/mol. The second kappa shape index (κ2) is 4.35. The van der Waals surface area contributed by atoms with Crippen LogP contribution in [0.2, 0.25) is 0 Å². The molecule has 1 aromatic rings.